The van der Waals surface area contributed by atoms with Gasteiger partial charge in [0.2, 0.25) is 0 Å². The smallest absolute Gasteiger partial charge is 0.0224 e. The molecule has 3 atom stereocenters. The van der Waals surface area contributed by atoms with Crippen molar-refractivity contribution in [2.45, 2.75) is 65.1 Å². The molecule has 3 heteroatoms. The van der Waals surface area contributed by atoms with Crippen molar-refractivity contribution in [3.8, 4) is 0 Å². The van der Waals surface area contributed by atoms with Gasteiger partial charge in [0, 0.05) is 37.3 Å². The average molecular weight is 267 g/mol. The fourth-order valence-electron chi connectivity index (χ4n) is 3.38. The third-order valence-corrected chi connectivity index (χ3v) is 4.97. The fourth-order valence-corrected chi connectivity index (χ4v) is 3.38. The highest BCUT2D eigenvalue weighted by Gasteiger charge is 2.33. The Bertz CT molecular complexity index is 284. The maximum atomic E-state index is 3.65. The fraction of sp³-hybridized carbons (Fsp3) is 1.00. The summed E-state index contributed by atoms with van der Waals surface area (Å²) in [5.74, 6) is 0.715. The first-order chi connectivity index (χ1) is 8.87. The van der Waals surface area contributed by atoms with Crippen LogP contribution in [0.4, 0.5) is 0 Å². The van der Waals surface area contributed by atoms with Gasteiger partial charge in [-0.15, -0.1) is 0 Å². The molecule has 3 unspecified atom stereocenters. The molecule has 0 aromatic heterocycles. The second-order valence-electron chi connectivity index (χ2n) is 7.68. The van der Waals surface area contributed by atoms with Crippen molar-refractivity contribution in [3.63, 3.8) is 0 Å². The first kappa shape index (κ1) is 15.3. The molecule has 2 saturated heterocycles. The lowest BCUT2D eigenvalue weighted by Crippen LogP contribution is -2.55. The number of hydrogen-bond donors (Lipinski definition) is 1. The minimum absolute atomic E-state index is 0.234. The highest BCUT2D eigenvalue weighted by atomic mass is 15.3. The monoisotopic (exact) mass is 267 g/mol. The second-order valence-corrected chi connectivity index (χ2v) is 7.68. The van der Waals surface area contributed by atoms with Crippen LogP contribution in [-0.4, -0.2) is 60.1 Å². The Morgan fingerprint density at radius 3 is 2.58 bits per heavy atom. The summed E-state index contributed by atoms with van der Waals surface area (Å²) in [4.78, 5) is 5.42. The van der Waals surface area contributed by atoms with Crippen molar-refractivity contribution in [1.29, 1.82) is 0 Å². The van der Waals surface area contributed by atoms with Crippen LogP contribution >= 0.6 is 0 Å². The van der Waals surface area contributed by atoms with E-state index in [9.17, 15) is 0 Å². The summed E-state index contributed by atoms with van der Waals surface area (Å²) in [6.45, 7) is 17.9. The summed E-state index contributed by atoms with van der Waals surface area (Å²) in [6, 6.07) is 1.54. The summed E-state index contributed by atoms with van der Waals surface area (Å²) < 4.78 is 0. The van der Waals surface area contributed by atoms with Gasteiger partial charge in [-0.2, -0.15) is 0 Å². The van der Waals surface area contributed by atoms with Gasteiger partial charge in [0.15, 0.2) is 0 Å². The Morgan fingerprint density at radius 2 is 1.89 bits per heavy atom. The predicted molar refractivity (Wildman–Crippen MR) is 82.5 cm³/mol. The molecule has 112 valence electrons. The zero-order valence-corrected chi connectivity index (χ0v) is 13.6. The van der Waals surface area contributed by atoms with E-state index in [-0.39, 0.29) is 5.54 Å². The summed E-state index contributed by atoms with van der Waals surface area (Å²) in [6.07, 6.45) is 2.83. The number of hydrogen-bond acceptors (Lipinski definition) is 3. The van der Waals surface area contributed by atoms with E-state index in [1.807, 2.05) is 0 Å². The summed E-state index contributed by atoms with van der Waals surface area (Å²) in [7, 11) is 0. The zero-order chi connectivity index (χ0) is 14.0. The molecule has 1 N–H and O–H groups in total. The first-order valence-electron chi connectivity index (χ1n) is 8.10. The van der Waals surface area contributed by atoms with Crippen molar-refractivity contribution >= 4 is 0 Å². The van der Waals surface area contributed by atoms with Gasteiger partial charge in [-0.1, -0.05) is 6.92 Å². The van der Waals surface area contributed by atoms with Crippen LogP contribution in [0.3, 0.4) is 0 Å². The van der Waals surface area contributed by atoms with Crippen molar-refractivity contribution in [3.05, 3.63) is 0 Å². The van der Waals surface area contributed by atoms with Crippen LogP contribution in [0, 0.1) is 5.92 Å². The summed E-state index contributed by atoms with van der Waals surface area (Å²) in [5.41, 5.74) is 0.234. The van der Waals surface area contributed by atoms with Crippen LogP contribution in [0.25, 0.3) is 0 Å². The molecule has 2 rings (SSSR count). The van der Waals surface area contributed by atoms with Gasteiger partial charge in [0.25, 0.3) is 0 Å². The van der Waals surface area contributed by atoms with Crippen LogP contribution in [0.1, 0.15) is 47.5 Å². The van der Waals surface area contributed by atoms with Crippen molar-refractivity contribution in [1.82, 2.24) is 15.1 Å². The lowest BCUT2D eigenvalue weighted by atomic mass is 9.98. The SMILES string of the molecule is CC(CNC(C)(C)C)C(C)N1CCN2CCCC2C1. The van der Waals surface area contributed by atoms with E-state index in [1.165, 1.54) is 39.0 Å². The lowest BCUT2D eigenvalue weighted by molar-refractivity contribution is 0.0574. The normalized spacial score (nSPS) is 29.2. The van der Waals surface area contributed by atoms with E-state index in [0.29, 0.717) is 12.0 Å². The second kappa shape index (κ2) is 6.11. The van der Waals surface area contributed by atoms with Gasteiger partial charge in [-0.25, -0.2) is 0 Å². The molecule has 0 aromatic rings. The molecule has 2 aliphatic heterocycles. The van der Waals surface area contributed by atoms with Crippen molar-refractivity contribution < 1.29 is 0 Å². The van der Waals surface area contributed by atoms with Gasteiger partial charge in [-0.3, -0.25) is 9.80 Å². The molecule has 2 fully saturated rings. The van der Waals surface area contributed by atoms with Crippen molar-refractivity contribution in [2.75, 3.05) is 32.7 Å². The molecule has 0 saturated carbocycles. The van der Waals surface area contributed by atoms with Gasteiger partial charge < -0.3 is 5.32 Å². The highest BCUT2D eigenvalue weighted by Crippen LogP contribution is 2.24. The van der Waals surface area contributed by atoms with E-state index in [0.717, 1.165) is 12.6 Å². The number of rotatable bonds is 4. The van der Waals surface area contributed by atoms with Gasteiger partial charge in [-0.05, 0) is 59.5 Å². The Kier molecular flexibility index (Phi) is 4.91. The minimum Gasteiger partial charge on any atom is -0.312 e. The molecular weight excluding hydrogens is 234 g/mol. The minimum atomic E-state index is 0.234. The first-order valence-corrected chi connectivity index (χ1v) is 8.10. The largest absolute Gasteiger partial charge is 0.312 e. The van der Waals surface area contributed by atoms with E-state index in [2.05, 4.69) is 49.7 Å². The third kappa shape index (κ3) is 4.17. The van der Waals surface area contributed by atoms with E-state index in [1.54, 1.807) is 0 Å². The Hall–Kier alpha value is -0.120. The molecule has 0 aromatic carbocycles. The molecule has 2 aliphatic rings. The van der Waals surface area contributed by atoms with Gasteiger partial charge >= 0.3 is 0 Å². The number of nitrogens with zero attached hydrogens (tertiary/aromatic N) is 2. The van der Waals surface area contributed by atoms with E-state index in [4.69, 9.17) is 0 Å². The third-order valence-electron chi connectivity index (χ3n) is 4.97. The van der Waals surface area contributed by atoms with E-state index >= 15 is 0 Å². The topological polar surface area (TPSA) is 18.5 Å². The molecule has 0 aliphatic carbocycles. The van der Waals surface area contributed by atoms with Crippen LogP contribution in [0.5, 0.6) is 0 Å². The Morgan fingerprint density at radius 1 is 1.16 bits per heavy atom. The standard InChI is InChI=1S/C16H33N3/c1-13(11-17-16(3,4)5)14(2)19-10-9-18-8-6-7-15(18)12-19/h13-15,17H,6-12H2,1-5H3. The van der Waals surface area contributed by atoms with E-state index < -0.39 is 0 Å². The molecule has 0 bridgehead atoms. The summed E-state index contributed by atoms with van der Waals surface area (Å²) in [5, 5.41) is 3.65. The number of fused-ring (bicyclic) bond motifs is 1. The van der Waals surface area contributed by atoms with Gasteiger partial charge in [0.05, 0.1) is 0 Å². The Labute approximate surface area is 119 Å². The van der Waals surface area contributed by atoms with Crippen LogP contribution in [0.2, 0.25) is 0 Å². The Balaban J connectivity index is 1.80. The maximum absolute atomic E-state index is 3.65. The number of piperazine rings is 1. The van der Waals surface area contributed by atoms with Crippen LogP contribution in [-0.2, 0) is 0 Å². The summed E-state index contributed by atoms with van der Waals surface area (Å²) >= 11 is 0. The molecule has 3 nitrogen and oxygen atoms in total. The molecule has 19 heavy (non-hydrogen) atoms. The van der Waals surface area contributed by atoms with Crippen molar-refractivity contribution in [2.24, 2.45) is 5.92 Å². The molecular formula is C16H33N3. The predicted octanol–water partition coefficient (Wildman–Crippen LogP) is 2.18. The van der Waals surface area contributed by atoms with Crippen LogP contribution in [0.15, 0.2) is 0 Å². The molecule has 2 heterocycles. The lowest BCUT2D eigenvalue weighted by Gasteiger charge is -2.42. The quantitative estimate of drug-likeness (QED) is 0.842. The number of nitrogens with one attached hydrogen (secondary N) is 1. The maximum Gasteiger partial charge on any atom is 0.0224 e. The average Bonchev–Trinajstić information content (AvgIpc) is 2.81. The highest BCUT2D eigenvalue weighted by molar-refractivity contribution is 4.90. The molecule has 0 radical (unpaired) electrons. The zero-order valence-electron chi connectivity index (χ0n) is 13.6. The van der Waals surface area contributed by atoms with Gasteiger partial charge in [0.1, 0.15) is 0 Å². The van der Waals surface area contributed by atoms with Crippen LogP contribution < -0.4 is 5.32 Å². The molecule has 0 amide bonds. The molecule has 0 spiro atoms.